The summed E-state index contributed by atoms with van der Waals surface area (Å²) in [6.07, 6.45) is 2.13. The summed E-state index contributed by atoms with van der Waals surface area (Å²) in [5.74, 6) is 0. The van der Waals surface area contributed by atoms with Crippen LogP contribution < -0.4 is 0 Å². The molecule has 0 amide bonds. The van der Waals surface area contributed by atoms with E-state index in [9.17, 15) is 0 Å². The van der Waals surface area contributed by atoms with Crippen molar-refractivity contribution >= 4 is 11.8 Å². The molecule has 0 saturated carbocycles. The Hall–Kier alpha value is -0.430. The fourth-order valence-electron chi connectivity index (χ4n) is 0.577. The van der Waals surface area contributed by atoms with Crippen LogP contribution in [0.4, 0.5) is 0 Å². The Morgan fingerprint density at radius 1 is 1.12 bits per heavy atom. The molecule has 0 bridgehead atoms. The molecule has 0 radical (unpaired) electrons. The van der Waals surface area contributed by atoms with Crippen LogP contribution in [-0.2, 0) is 11.8 Å². The average molecular weight is 125 g/mol. The fourth-order valence-corrected chi connectivity index (χ4v) is 1.05. The molecule has 0 heterocycles. The van der Waals surface area contributed by atoms with Gasteiger partial charge in [-0.25, -0.2) is 0 Å². The van der Waals surface area contributed by atoms with Crippen molar-refractivity contribution < 1.29 is 0 Å². The van der Waals surface area contributed by atoms with Crippen LogP contribution in [0.1, 0.15) is 0 Å². The minimum Gasteiger partial charge on any atom is -0.0619 e. The zero-order chi connectivity index (χ0) is 5.82. The van der Waals surface area contributed by atoms with Crippen LogP contribution in [0.3, 0.4) is 0 Å². The van der Waals surface area contributed by atoms with Gasteiger partial charge < -0.3 is 0 Å². The molecule has 0 atom stereocenters. The van der Waals surface area contributed by atoms with Gasteiger partial charge in [-0.1, -0.05) is 18.2 Å². The molecule has 0 N–H and O–H groups in total. The fraction of sp³-hybridized carbons (Fsp3) is 0.143. The summed E-state index contributed by atoms with van der Waals surface area (Å²) in [6.45, 7) is 0. The molecular weight excluding hydrogens is 116 g/mol. The number of benzene rings is 1. The standard InChI is InChI=1S/C7H8S/c1-8-7-5-3-2-4-6-7/h2-6H,1H3/p+1. The third-order valence-electron chi connectivity index (χ3n) is 1.01. The van der Waals surface area contributed by atoms with E-state index >= 15 is 0 Å². The van der Waals surface area contributed by atoms with Crippen LogP contribution >= 0.6 is 0 Å². The normalized spacial score (nSPS) is 9.12. The van der Waals surface area contributed by atoms with Gasteiger partial charge in [0, 0.05) is 11.8 Å². The highest BCUT2D eigenvalue weighted by atomic mass is 32.2. The van der Waals surface area contributed by atoms with Crippen molar-refractivity contribution in [2.45, 2.75) is 4.90 Å². The van der Waals surface area contributed by atoms with Gasteiger partial charge in [0.1, 0.15) is 6.26 Å². The second-order valence-electron chi connectivity index (χ2n) is 1.56. The molecular formula is C7H9S+. The van der Waals surface area contributed by atoms with Crippen LogP contribution in [0.5, 0.6) is 0 Å². The van der Waals surface area contributed by atoms with Gasteiger partial charge in [0.2, 0.25) is 0 Å². The first-order chi connectivity index (χ1) is 3.93. The van der Waals surface area contributed by atoms with Crippen molar-refractivity contribution in [3.63, 3.8) is 0 Å². The molecule has 0 saturated heterocycles. The number of thiol groups is 1. The number of hydrogen-bond acceptors (Lipinski definition) is 0. The van der Waals surface area contributed by atoms with Gasteiger partial charge in [-0.2, -0.15) is 0 Å². The molecule has 0 nitrogen and oxygen atoms in total. The summed E-state index contributed by atoms with van der Waals surface area (Å²) in [7, 11) is 0. The predicted octanol–water partition coefficient (Wildman–Crippen LogP) is 1.49. The zero-order valence-corrected chi connectivity index (χ0v) is 5.73. The van der Waals surface area contributed by atoms with Crippen LogP contribution in [0.2, 0.25) is 0 Å². The monoisotopic (exact) mass is 125 g/mol. The van der Waals surface area contributed by atoms with Gasteiger partial charge in [-0.05, 0) is 12.1 Å². The molecule has 1 heteroatoms. The van der Waals surface area contributed by atoms with Crippen LogP contribution in [-0.4, -0.2) is 6.26 Å². The van der Waals surface area contributed by atoms with E-state index in [-0.39, 0.29) is 0 Å². The first-order valence-corrected chi connectivity index (χ1v) is 3.92. The lowest BCUT2D eigenvalue weighted by atomic mass is 10.4. The molecule has 8 heavy (non-hydrogen) atoms. The molecule has 0 aliphatic heterocycles. The molecule has 1 aromatic carbocycles. The predicted molar refractivity (Wildman–Crippen MR) is 39.4 cm³/mol. The third kappa shape index (κ3) is 1.27. The van der Waals surface area contributed by atoms with Gasteiger partial charge >= 0.3 is 0 Å². The second-order valence-corrected chi connectivity index (χ2v) is 2.52. The molecule has 0 aliphatic carbocycles. The van der Waals surface area contributed by atoms with Crippen LogP contribution in [0.25, 0.3) is 0 Å². The largest absolute Gasteiger partial charge is 0.152 e. The second kappa shape index (κ2) is 2.78. The van der Waals surface area contributed by atoms with Crippen molar-refractivity contribution in [3.8, 4) is 0 Å². The van der Waals surface area contributed by atoms with E-state index in [1.807, 2.05) is 6.07 Å². The Bertz CT molecular complexity index is 146. The molecule has 0 aromatic heterocycles. The highest BCUT2D eigenvalue weighted by molar-refractivity contribution is 7.77. The first-order valence-electron chi connectivity index (χ1n) is 2.58. The summed E-state index contributed by atoms with van der Waals surface area (Å²) in [5.41, 5.74) is 0. The Balaban J connectivity index is 2.83. The topological polar surface area (TPSA) is 0 Å². The van der Waals surface area contributed by atoms with E-state index < -0.39 is 0 Å². The lowest BCUT2D eigenvalue weighted by Crippen LogP contribution is -1.73. The van der Waals surface area contributed by atoms with Gasteiger partial charge in [0.15, 0.2) is 4.90 Å². The average Bonchev–Trinajstić information content (AvgIpc) is 1.90. The van der Waals surface area contributed by atoms with Crippen molar-refractivity contribution in [1.29, 1.82) is 0 Å². The molecule has 42 valence electrons. The van der Waals surface area contributed by atoms with Gasteiger partial charge in [0.05, 0.1) is 0 Å². The minimum absolute atomic E-state index is 1.35. The maximum Gasteiger partial charge on any atom is 0.152 e. The van der Waals surface area contributed by atoms with E-state index in [2.05, 4.69) is 30.5 Å². The number of rotatable bonds is 1. The quantitative estimate of drug-likeness (QED) is 0.394. The Morgan fingerprint density at radius 2 is 1.75 bits per heavy atom. The summed E-state index contributed by atoms with van der Waals surface area (Å²) in [4.78, 5) is 1.38. The van der Waals surface area contributed by atoms with Crippen molar-refractivity contribution in [3.05, 3.63) is 30.3 Å². The summed E-state index contributed by atoms with van der Waals surface area (Å²) < 4.78 is 0. The smallest absolute Gasteiger partial charge is 0.0619 e. The molecule has 1 aromatic rings. The summed E-state index contributed by atoms with van der Waals surface area (Å²) >= 11 is 1.35. The maximum absolute atomic E-state index is 2.13. The van der Waals surface area contributed by atoms with E-state index in [1.54, 1.807) is 0 Å². The third-order valence-corrected chi connectivity index (χ3v) is 1.83. The zero-order valence-electron chi connectivity index (χ0n) is 4.83. The van der Waals surface area contributed by atoms with Gasteiger partial charge in [-0.3, -0.25) is 0 Å². The Morgan fingerprint density at radius 3 is 2.12 bits per heavy atom. The van der Waals surface area contributed by atoms with Crippen LogP contribution in [0.15, 0.2) is 35.2 Å². The molecule has 0 aliphatic rings. The summed E-state index contributed by atoms with van der Waals surface area (Å²) in [5, 5.41) is 0. The first kappa shape index (κ1) is 5.70. The minimum atomic E-state index is 1.35. The Labute approximate surface area is 53.9 Å². The van der Waals surface area contributed by atoms with Gasteiger partial charge in [-0.15, -0.1) is 0 Å². The SMILES string of the molecule is C[SH+]c1ccccc1. The lowest BCUT2D eigenvalue weighted by Gasteiger charge is -1.81. The van der Waals surface area contributed by atoms with E-state index in [0.717, 1.165) is 0 Å². The lowest BCUT2D eigenvalue weighted by molar-refractivity contribution is 1.47. The molecule has 0 fully saturated rings. The van der Waals surface area contributed by atoms with E-state index in [1.165, 1.54) is 16.7 Å². The Kier molecular flexibility index (Phi) is 1.98. The molecule has 0 unspecified atom stereocenters. The van der Waals surface area contributed by atoms with Gasteiger partial charge in [0.25, 0.3) is 0 Å². The molecule has 0 spiro atoms. The summed E-state index contributed by atoms with van der Waals surface area (Å²) in [6, 6.07) is 10.4. The van der Waals surface area contributed by atoms with Crippen molar-refractivity contribution in [1.82, 2.24) is 0 Å². The highest BCUT2D eigenvalue weighted by Gasteiger charge is 1.89. The number of hydrogen-bond donors (Lipinski definition) is 0. The van der Waals surface area contributed by atoms with E-state index in [0.29, 0.717) is 0 Å². The van der Waals surface area contributed by atoms with Crippen molar-refractivity contribution in [2.24, 2.45) is 0 Å². The van der Waals surface area contributed by atoms with Crippen molar-refractivity contribution in [2.75, 3.05) is 6.26 Å². The highest BCUT2D eigenvalue weighted by Crippen LogP contribution is 1.97. The maximum atomic E-state index is 2.13. The van der Waals surface area contributed by atoms with Crippen LogP contribution in [0, 0.1) is 0 Å². The molecule has 1 rings (SSSR count). The van der Waals surface area contributed by atoms with E-state index in [4.69, 9.17) is 0 Å².